The molecule has 0 fully saturated rings. The molecule has 3 N–H and O–H groups in total. The summed E-state index contributed by atoms with van der Waals surface area (Å²) in [6.07, 6.45) is 0.303. The van der Waals surface area contributed by atoms with Gasteiger partial charge in [0.15, 0.2) is 0 Å². The van der Waals surface area contributed by atoms with Crippen molar-refractivity contribution in [1.29, 1.82) is 0 Å². The van der Waals surface area contributed by atoms with E-state index in [1.165, 1.54) is 0 Å². The molecule has 7 heteroatoms. The van der Waals surface area contributed by atoms with Crippen LogP contribution in [0.5, 0.6) is 0 Å². The van der Waals surface area contributed by atoms with E-state index in [1.807, 2.05) is 12.1 Å². The lowest BCUT2D eigenvalue weighted by atomic mass is 10.0. The van der Waals surface area contributed by atoms with Crippen molar-refractivity contribution in [3.8, 4) is 0 Å². The number of nitrogen functional groups attached to an aromatic ring is 1. The first-order valence-corrected chi connectivity index (χ1v) is 5.78. The Morgan fingerprint density at radius 3 is 2.83 bits per heavy atom. The zero-order chi connectivity index (χ0) is 12.7. The number of benzene rings is 1. The molecule has 0 aliphatic carbocycles. The van der Waals surface area contributed by atoms with Gasteiger partial charge in [-0.25, -0.2) is 4.68 Å². The molecule has 1 aromatic heterocycles. The minimum Gasteiger partial charge on any atom is -0.366 e. The number of carbonyl (C=O) groups excluding carboxylic acids is 1. The van der Waals surface area contributed by atoms with Crippen LogP contribution >= 0.6 is 11.6 Å². The topological polar surface area (TPSA) is 85.8 Å². The maximum Gasteiger partial charge on any atom is 0.241 e. The lowest BCUT2D eigenvalue weighted by Gasteiger charge is -2.23. The predicted molar refractivity (Wildman–Crippen MR) is 67.3 cm³/mol. The third-order valence-corrected chi connectivity index (χ3v) is 3.08. The van der Waals surface area contributed by atoms with Crippen molar-refractivity contribution in [2.24, 2.45) is 0 Å². The number of carbonyl (C=O) groups is 1. The van der Waals surface area contributed by atoms with E-state index in [9.17, 15) is 4.79 Å². The van der Waals surface area contributed by atoms with Gasteiger partial charge in [-0.1, -0.05) is 23.7 Å². The molecule has 0 unspecified atom stereocenters. The molecule has 0 bridgehead atoms. The highest BCUT2D eigenvalue weighted by molar-refractivity contribution is 6.30. The van der Waals surface area contributed by atoms with Gasteiger partial charge in [-0.3, -0.25) is 10.1 Å². The van der Waals surface area contributed by atoms with Gasteiger partial charge in [0.2, 0.25) is 17.8 Å². The van der Waals surface area contributed by atoms with Gasteiger partial charge in [-0.05, 0) is 17.7 Å². The Bertz CT molecular complexity index is 606. The second kappa shape index (κ2) is 3.99. The zero-order valence-corrected chi connectivity index (χ0v) is 10.1. The number of anilines is 2. The molecule has 6 nitrogen and oxygen atoms in total. The number of hydrogen-bond donors (Lipinski definition) is 2. The number of hydrogen-bond acceptors (Lipinski definition) is 4. The van der Waals surface area contributed by atoms with Gasteiger partial charge in [-0.2, -0.15) is 4.98 Å². The minimum absolute atomic E-state index is 0.102. The maximum atomic E-state index is 11.6. The van der Waals surface area contributed by atoms with E-state index in [4.69, 9.17) is 17.3 Å². The number of nitrogens with one attached hydrogen (secondary N) is 1. The van der Waals surface area contributed by atoms with Crippen LogP contribution in [0.4, 0.5) is 11.9 Å². The lowest BCUT2D eigenvalue weighted by Crippen LogP contribution is -2.29. The summed E-state index contributed by atoms with van der Waals surface area (Å²) in [4.78, 5) is 15.6. The van der Waals surface area contributed by atoms with Gasteiger partial charge in [0, 0.05) is 5.02 Å². The second-order valence-corrected chi connectivity index (χ2v) is 4.49. The fourth-order valence-corrected chi connectivity index (χ4v) is 2.15. The summed E-state index contributed by atoms with van der Waals surface area (Å²) in [5.41, 5.74) is 6.50. The number of amides is 1. The summed E-state index contributed by atoms with van der Waals surface area (Å²) < 4.78 is 1.62. The summed E-state index contributed by atoms with van der Waals surface area (Å²) in [7, 11) is 0. The smallest absolute Gasteiger partial charge is 0.241 e. The molecule has 1 aliphatic heterocycles. The summed E-state index contributed by atoms with van der Waals surface area (Å²) in [6.45, 7) is 0. The van der Waals surface area contributed by atoms with Crippen LogP contribution in [-0.2, 0) is 4.79 Å². The van der Waals surface area contributed by atoms with E-state index < -0.39 is 0 Å². The van der Waals surface area contributed by atoms with E-state index in [0.717, 1.165) is 5.56 Å². The largest absolute Gasteiger partial charge is 0.366 e. The number of aromatic nitrogens is 3. The molecule has 2 heterocycles. The Labute approximate surface area is 108 Å². The number of halogens is 1. The van der Waals surface area contributed by atoms with Crippen LogP contribution in [-0.4, -0.2) is 20.7 Å². The molecule has 18 heavy (non-hydrogen) atoms. The van der Waals surface area contributed by atoms with Gasteiger partial charge in [0.05, 0.1) is 12.5 Å². The molecular formula is C11H10ClN5O. The Morgan fingerprint density at radius 1 is 1.39 bits per heavy atom. The first-order valence-electron chi connectivity index (χ1n) is 5.41. The highest BCUT2D eigenvalue weighted by Crippen LogP contribution is 2.29. The summed E-state index contributed by atoms with van der Waals surface area (Å²) in [5.74, 6) is 0.421. The van der Waals surface area contributed by atoms with Crippen molar-refractivity contribution in [2.75, 3.05) is 11.1 Å². The fraction of sp³-hybridized carbons (Fsp3) is 0.182. The SMILES string of the molecule is Nc1nc2n(n1)[C@@H](c1ccc(Cl)cc1)CC(=O)N2. The highest BCUT2D eigenvalue weighted by Gasteiger charge is 2.28. The maximum absolute atomic E-state index is 11.6. The van der Waals surface area contributed by atoms with Crippen LogP contribution < -0.4 is 11.1 Å². The van der Waals surface area contributed by atoms with E-state index in [0.29, 0.717) is 17.4 Å². The second-order valence-electron chi connectivity index (χ2n) is 4.06. The molecule has 3 rings (SSSR count). The Hall–Kier alpha value is -2.08. The monoisotopic (exact) mass is 263 g/mol. The van der Waals surface area contributed by atoms with Crippen molar-refractivity contribution in [3.05, 3.63) is 34.9 Å². The van der Waals surface area contributed by atoms with Gasteiger partial charge in [-0.15, -0.1) is 5.10 Å². The molecule has 1 atom stereocenters. The van der Waals surface area contributed by atoms with Crippen molar-refractivity contribution >= 4 is 29.4 Å². The molecule has 0 radical (unpaired) electrons. The van der Waals surface area contributed by atoms with Gasteiger partial charge < -0.3 is 5.73 Å². The molecule has 1 aliphatic rings. The fourth-order valence-electron chi connectivity index (χ4n) is 2.02. The number of rotatable bonds is 1. The standard InChI is InChI=1S/C11H10ClN5O/c12-7-3-1-6(2-4-7)8-5-9(18)14-11-15-10(13)16-17(8)11/h1-4,8H,5H2,(H3,13,14,15,16,18)/t8-/m1/s1. The van der Waals surface area contributed by atoms with E-state index in [-0.39, 0.29) is 17.9 Å². The Kier molecular flexibility index (Phi) is 2.45. The van der Waals surface area contributed by atoms with E-state index in [1.54, 1.807) is 16.8 Å². The quantitative estimate of drug-likeness (QED) is 0.815. The van der Waals surface area contributed by atoms with Crippen LogP contribution in [0.25, 0.3) is 0 Å². The number of fused-ring (bicyclic) bond motifs is 1. The molecule has 2 aromatic rings. The molecular weight excluding hydrogens is 254 g/mol. The van der Waals surface area contributed by atoms with Gasteiger partial charge >= 0.3 is 0 Å². The average Bonchev–Trinajstić information content (AvgIpc) is 2.69. The third-order valence-electron chi connectivity index (χ3n) is 2.83. The molecule has 0 saturated heterocycles. The normalized spacial score (nSPS) is 18.3. The zero-order valence-electron chi connectivity index (χ0n) is 9.30. The molecule has 1 amide bonds. The molecule has 0 saturated carbocycles. The Morgan fingerprint density at radius 2 is 2.11 bits per heavy atom. The van der Waals surface area contributed by atoms with Crippen LogP contribution in [0, 0.1) is 0 Å². The first-order chi connectivity index (χ1) is 8.63. The van der Waals surface area contributed by atoms with Crippen molar-refractivity contribution in [1.82, 2.24) is 14.8 Å². The molecule has 0 spiro atoms. The van der Waals surface area contributed by atoms with Crippen molar-refractivity contribution in [3.63, 3.8) is 0 Å². The van der Waals surface area contributed by atoms with E-state index >= 15 is 0 Å². The average molecular weight is 264 g/mol. The Balaban J connectivity index is 2.06. The third kappa shape index (κ3) is 1.80. The number of nitrogens with zero attached hydrogens (tertiary/aromatic N) is 3. The number of nitrogens with two attached hydrogens (primary N) is 1. The van der Waals surface area contributed by atoms with Crippen LogP contribution in [0.3, 0.4) is 0 Å². The lowest BCUT2D eigenvalue weighted by molar-refractivity contribution is -0.117. The van der Waals surface area contributed by atoms with Crippen molar-refractivity contribution in [2.45, 2.75) is 12.5 Å². The summed E-state index contributed by atoms with van der Waals surface area (Å²) in [5, 5.41) is 7.39. The van der Waals surface area contributed by atoms with Crippen LogP contribution in [0.2, 0.25) is 5.02 Å². The van der Waals surface area contributed by atoms with Crippen molar-refractivity contribution < 1.29 is 4.79 Å². The first kappa shape index (κ1) is 11.0. The predicted octanol–water partition coefficient (Wildman–Crippen LogP) is 1.45. The van der Waals surface area contributed by atoms with Gasteiger partial charge in [0.1, 0.15) is 0 Å². The summed E-state index contributed by atoms with van der Waals surface area (Å²) in [6, 6.07) is 7.10. The minimum atomic E-state index is -0.198. The summed E-state index contributed by atoms with van der Waals surface area (Å²) >= 11 is 5.85. The van der Waals surface area contributed by atoms with Gasteiger partial charge in [0.25, 0.3) is 0 Å². The molecule has 1 aromatic carbocycles. The van der Waals surface area contributed by atoms with Crippen LogP contribution in [0.1, 0.15) is 18.0 Å². The highest BCUT2D eigenvalue weighted by atomic mass is 35.5. The molecule has 92 valence electrons. The van der Waals surface area contributed by atoms with Crippen LogP contribution in [0.15, 0.2) is 24.3 Å². The van der Waals surface area contributed by atoms with E-state index in [2.05, 4.69) is 15.4 Å².